The number of benzene rings is 1. The number of unbranched alkanes of at least 4 members (excludes halogenated alkanes) is 3. The second-order valence-corrected chi connectivity index (χ2v) is 4.34. The van der Waals surface area contributed by atoms with Gasteiger partial charge in [-0.25, -0.2) is 6.08 Å². The molecule has 1 atom stereocenters. The van der Waals surface area contributed by atoms with Crippen molar-refractivity contribution in [3.8, 4) is 0 Å². The monoisotopic (exact) mass is 238 g/mol. The molecule has 0 N–H and O–H groups in total. The summed E-state index contributed by atoms with van der Waals surface area (Å²) in [4.78, 5) is 0. The van der Waals surface area contributed by atoms with Gasteiger partial charge in [-0.1, -0.05) is 63.1 Å². The first kappa shape index (κ1) is 14.7. The Kier molecular flexibility index (Phi) is 7.18. The van der Waals surface area contributed by atoms with Gasteiger partial charge in [-0.3, -0.25) is 6.08 Å². The van der Waals surface area contributed by atoms with Crippen LogP contribution in [-0.2, 0) is 0 Å². The maximum atomic E-state index is 3.47. The van der Waals surface area contributed by atoms with Gasteiger partial charge in [0.2, 0.25) is 0 Å². The predicted octanol–water partition coefficient (Wildman–Crippen LogP) is 1.57. The Labute approximate surface area is 142 Å². The van der Waals surface area contributed by atoms with Gasteiger partial charge in [0.15, 0.2) is 0 Å². The molecule has 0 nitrogen and oxygen atoms in total. The van der Waals surface area contributed by atoms with Gasteiger partial charge in [0.25, 0.3) is 0 Å². The van der Waals surface area contributed by atoms with Crippen LogP contribution in [0.1, 0.15) is 56.1 Å². The summed E-state index contributed by atoms with van der Waals surface area (Å²) in [5, 5.41) is 0. The van der Waals surface area contributed by atoms with E-state index in [1.54, 1.807) is 0 Å². The van der Waals surface area contributed by atoms with Crippen molar-refractivity contribution in [2.45, 2.75) is 44.9 Å². The van der Waals surface area contributed by atoms with Crippen LogP contribution in [0.2, 0.25) is 0 Å². The van der Waals surface area contributed by atoms with Crippen molar-refractivity contribution >= 4 is 6.08 Å². The van der Waals surface area contributed by atoms with Gasteiger partial charge in [-0.15, -0.1) is 11.6 Å². The van der Waals surface area contributed by atoms with Crippen molar-refractivity contribution in [2.24, 2.45) is 0 Å². The third-order valence-corrected chi connectivity index (χ3v) is 3.16. The smallest absolute Gasteiger partial charge is 0.268 e. The number of hydrogen-bond donors (Lipinski definition) is 0. The van der Waals surface area contributed by atoms with Gasteiger partial charge in [-0.05, 0) is 0 Å². The Morgan fingerprint density at radius 2 is 1.94 bits per heavy atom. The molecule has 0 aliphatic heterocycles. The molecule has 0 saturated carbocycles. The van der Waals surface area contributed by atoms with E-state index in [4.69, 9.17) is 0 Å². The summed E-state index contributed by atoms with van der Waals surface area (Å²) in [6.45, 7) is 2.26. The molecule has 80 valence electrons. The number of hydrogen-bond acceptors (Lipinski definition) is 0. The SMILES string of the molecule is CCCCCCC1[C-]=Cc2ccccc21.[K+]. The molecule has 1 unspecified atom stereocenters. The van der Waals surface area contributed by atoms with Crippen LogP contribution in [0.25, 0.3) is 6.08 Å². The second kappa shape index (κ2) is 7.83. The molecule has 0 fully saturated rings. The molecule has 1 aromatic rings. The normalized spacial score (nSPS) is 16.9. The predicted molar refractivity (Wildman–Crippen MR) is 65.6 cm³/mol. The van der Waals surface area contributed by atoms with Crippen LogP contribution in [0.3, 0.4) is 0 Å². The quantitative estimate of drug-likeness (QED) is 0.415. The van der Waals surface area contributed by atoms with Gasteiger partial charge >= 0.3 is 51.4 Å². The first-order valence-electron chi connectivity index (χ1n) is 6.10. The number of allylic oxidation sites excluding steroid dienone is 1. The van der Waals surface area contributed by atoms with E-state index in [1.165, 1.54) is 43.2 Å². The molecule has 2 rings (SSSR count). The van der Waals surface area contributed by atoms with Crippen molar-refractivity contribution in [2.75, 3.05) is 0 Å². The first-order valence-corrected chi connectivity index (χ1v) is 6.10. The molecule has 0 radical (unpaired) electrons. The van der Waals surface area contributed by atoms with Crippen molar-refractivity contribution in [3.63, 3.8) is 0 Å². The van der Waals surface area contributed by atoms with E-state index in [9.17, 15) is 0 Å². The summed E-state index contributed by atoms with van der Waals surface area (Å²) >= 11 is 0. The molecule has 1 aliphatic rings. The summed E-state index contributed by atoms with van der Waals surface area (Å²) in [6.07, 6.45) is 12.3. The maximum Gasteiger partial charge on any atom is 1.00 e. The van der Waals surface area contributed by atoms with Gasteiger partial charge in [0, 0.05) is 0 Å². The summed E-state index contributed by atoms with van der Waals surface area (Å²) in [6, 6.07) is 8.68. The zero-order valence-corrected chi connectivity index (χ0v) is 13.6. The Balaban J connectivity index is 0.00000128. The molecule has 0 bridgehead atoms. The summed E-state index contributed by atoms with van der Waals surface area (Å²) < 4.78 is 0. The summed E-state index contributed by atoms with van der Waals surface area (Å²) in [7, 11) is 0. The third-order valence-electron chi connectivity index (χ3n) is 3.16. The number of rotatable bonds is 5. The van der Waals surface area contributed by atoms with Crippen molar-refractivity contribution in [1.82, 2.24) is 0 Å². The van der Waals surface area contributed by atoms with Crippen LogP contribution in [0.5, 0.6) is 0 Å². The zero-order valence-electron chi connectivity index (χ0n) is 10.5. The molecule has 0 amide bonds. The fraction of sp³-hybridized carbons (Fsp3) is 0.467. The average molecular weight is 238 g/mol. The summed E-state index contributed by atoms with van der Waals surface area (Å²) in [5.74, 6) is 0.568. The molecule has 1 aromatic carbocycles. The van der Waals surface area contributed by atoms with Crippen LogP contribution in [0, 0.1) is 6.08 Å². The standard InChI is InChI=1S/C15H19.K/c1-2-3-4-5-8-13-11-12-14-9-6-7-10-15(13)14;/h6-7,9-10,12-13H,2-5,8H2,1H3;/q-1;+1. The van der Waals surface area contributed by atoms with E-state index in [0.29, 0.717) is 5.92 Å². The second-order valence-electron chi connectivity index (χ2n) is 4.34. The Morgan fingerprint density at radius 3 is 2.75 bits per heavy atom. The molecule has 1 heteroatoms. The number of fused-ring (bicyclic) bond motifs is 1. The minimum absolute atomic E-state index is 0. The van der Waals surface area contributed by atoms with Crippen LogP contribution in [-0.4, -0.2) is 0 Å². The van der Waals surface area contributed by atoms with Gasteiger partial charge in [-0.2, -0.15) is 5.56 Å². The Bertz CT molecular complexity index is 341. The van der Waals surface area contributed by atoms with Crippen molar-refractivity contribution in [3.05, 3.63) is 41.5 Å². The molecule has 0 spiro atoms. The van der Waals surface area contributed by atoms with Crippen LogP contribution in [0.15, 0.2) is 24.3 Å². The minimum Gasteiger partial charge on any atom is -0.268 e. The van der Waals surface area contributed by atoms with Gasteiger partial charge in [0.1, 0.15) is 0 Å². The van der Waals surface area contributed by atoms with E-state index < -0.39 is 0 Å². The molecule has 0 aromatic heterocycles. The molecular formula is C15H19K. The van der Waals surface area contributed by atoms with E-state index in [2.05, 4.69) is 43.3 Å². The van der Waals surface area contributed by atoms with Crippen LogP contribution < -0.4 is 51.4 Å². The van der Waals surface area contributed by atoms with Gasteiger partial charge < -0.3 is 0 Å². The minimum atomic E-state index is 0. The van der Waals surface area contributed by atoms with Crippen molar-refractivity contribution < 1.29 is 51.4 Å². The van der Waals surface area contributed by atoms with E-state index in [-0.39, 0.29) is 51.4 Å². The Hall–Kier alpha value is 0.596. The van der Waals surface area contributed by atoms with Crippen molar-refractivity contribution in [1.29, 1.82) is 0 Å². The van der Waals surface area contributed by atoms with Crippen LogP contribution >= 0.6 is 0 Å². The van der Waals surface area contributed by atoms with E-state index >= 15 is 0 Å². The largest absolute Gasteiger partial charge is 1.00 e. The van der Waals surface area contributed by atoms with E-state index in [1.807, 2.05) is 0 Å². The molecule has 0 heterocycles. The first-order chi connectivity index (χ1) is 7.42. The average Bonchev–Trinajstić information content (AvgIpc) is 2.68. The van der Waals surface area contributed by atoms with Crippen LogP contribution in [0.4, 0.5) is 0 Å². The fourth-order valence-corrected chi connectivity index (χ4v) is 2.25. The summed E-state index contributed by atoms with van der Waals surface area (Å²) in [5.41, 5.74) is 2.85. The Morgan fingerprint density at radius 1 is 1.12 bits per heavy atom. The fourth-order valence-electron chi connectivity index (χ4n) is 2.25. The van der Waals surface area contributed by atoms with E-state index in [0.717, 1.165) is 0 Å². The zero-order chi connectivity index (χ0) is 10.5. The molecule has 0 saturated heterocycles. The molecule has 16 heavy (non-hydrogen) atoms. The maximum absolute atomic E-state index is 3.47. The molecular weight excluding hydrogens is 219 g/mol. The third kappa shape index (κ3) is 3.81. The molecule has 1 aliphatic carbocycles. The topological polar surface area (TPSA) is 0 Å². The van der Waals surface area contributed by atoms with Gasteiger partial charge in [0.05, 0.1) is 0 Å².